The predicted octanol–water partition coefficient (Wildman–Crippen LogP) is 3.85. The van der Waals surface area contributed by atoms with Crippen LogP contribution in [0.2, 0.25) is 0 Å². The van der Waals surface area contributed by atoms with Gasteiger partial charge in [-0.3, -0.25) is 4.90 Å². The van der Waals surface area contributed by atoms with Crippen LogP contribution in [-0.4, -0.2) is 71.8 Å². The smallest absolute Gasteiger partial charge is 0.161 e. The zero-order chi connectivity index (χ0) is 26.4. The summed E-state index contributed by atoms with van der Waals surface area (Å²) in [7, 11) is 1.64. The number of aromatic nitrogens is 2. The minimum Gasteiger partial charge on any atom is -0.493 e. The van der Waals surface area contributed by atoms with Crippen molar-refractivity contribution in [3.63, 3.8) is 0 Å². The van der Waals surface area contributed by atoms with Gasteiger partial charge in [0, 0.05) is 32.0 Å². The molecule has 200 valence electrons. The lowest BCUT2D eigenvalue weighted by Gasteiger charge is -2.31. The Labute approximate surface area is 219 Å². The first-order valence-corrected chi connectivity index (χ1v) is 12.8. The summed E-state index contributed by atoms with van der Waals surface area (Å²) < 4.78 is 25.6. The van der Waals surface area contributed by atoms with Gasteiger partial charge in [0.15, 0.2) is 11.5 Å². The van der Waals surface area contributed by atoms with Crippen molar-refractivity contribution < 1.29 is 24.1 Å². The Bertz CT molecular complexity index is 1190. The Balaban J connectivity index is 1.40. The summed E-state index contributed by atoms with van der Waals surface area (Å²) in [6, 6.07) is 10.1. The molecule has 1 fully saturated rings. The molecule has 0 radical (unpaired) electrons. The Morgan fingerprint density at radius 3 is 2.65 bits per heavy atom. The van der Waals surface area contributed by atoms with Crippen molar-refractivity contribution in [2.24, 2.45) is 0 Å². The molecule has 0 bridgehead atoms. The van der Waals surface area contributed by atoms with Crippen molar-refractivity contribution >= 4 is 0 Å². The summed E-state index contributed by atoms with van der Waals surface area (Å²) in [6.45, 7) is 12.1. The SMILES string of the molecule is COc1ccc(CN2CCOCC(O)(COc3cc(C)cc(C)c3C)C2)cc1OCCn1ccnc1C. The van der Waals surface area contributed by atoms with Gasteiger partial charge in [-0.15, -0.1) is 0 Å². The molecular weight excluding hydrogens is 470 g/mol. The predicted molar refractivity (Wildman–Crippen MR) is 143 cm³/mol. The second kappa shape index (κ2) is 12.0. The highest BCUT2D eigenvalue weighted by Crippen LogP contribution is 2.29. The van der Waals surface area contributed by atoms with E-state index >= 15 is 0 Å². The highest BCUT2D eigenvalue weighted by molar-refractivity contribution is 5.43. The molecule has 1 N–H and O–H groups in total. The van der Waals surface area contributed by atoms with Gasteiger partial charge in [-0.05, 0) is 68.1 Å². The van der Waals surface area contributed by atoms with E-state index in [0.29, 0.717) is 50.9 Å². The third-order valence-corrected chi connectivity index (χ3v) is 6.85. The molecule has 1 unspecified atom stereocenters. The van der Waals surface area contributed by atoms with Gasteiger partial charge in [-0.2, -0.15) is 0 Å². The molecule has 1 aliphatic heterocycles. The third kappa shape index (κ3) is 7.03. The van der Waals surface area contributed by atoms with Crippen LogP contribution >= 0.6 is 0 Å². The standard InChI is InChI=1S/C29H39N3O5/c1-21-14-22(2)23(3)27(15-21)37-20-29(33)18-31(10-12-35-19-29)17-25-6-7-26(34-5)28(16-25)36-13-11-32-9-8-30-24(32)4/h6-9,14-16,33H,10-13,17-20H2,1-5H3. The van der Waals surface area contributed by atoms with E-state index in [1.807, 2.05) is 44.3 Å². The molecule has 0 spiro atoms. The van der Waals surface area contributed by atoms with Crippen LogP contribution in [0.15, 0.2) is 42.7 Å². The topological polar surface area (TPSA) is 78.2 Å². The van der Waals surface area contributed by atoms with Crippen LogP contribution in [0, 0.1) is 27.7 Å². The number of rotatable bonds is 10. The quantitative estimate of drug-likeness (QED) is 0.445. The maximum absolute atomic E-state index is 11.4. The molecule has 1 atom stereocenters. The fraction of sp³-hybridized carbons (Fsp3) is 0.483. The van der Waals surface area contributed by atoms with Crippen molar-refractivity contribution in [2.45, 2.75) is 46.4 Å². The second-order valence-electron chi connectivity index (χ2n) is 9.98. The number of hydrogen-bond acceptors (Lipinski definition) is 7. The maximum Gasteiger partial charge on any atom is 0.161 e. The second-order valence-corrected chi connectivity index (χ2v) is 9.98. The average Bonchev–Trinajstić information content (AvgIpc) is 3.18. The van der Waals surface area contributed by atoms with Crippen molar-refractivity contribution in [2.75, 3.05) is 46.6 Å². The highest BCUT2D eigenvalue weighted by atomic mass is 16.5. The van der Waals surface area contributed by atoms with Crippen molar-refractivity contribution in [3.05, 3.63) is 70.8 Å². The molecule has 37 heavy (non-hydrogen) atoms. The summed E-state index contributed by atoms with van der Waals surface area (Å²) >= 11 is 0. The van der Waals surface area contributed by atoms with Crippen molar-refractivity contribution in [3.8, 4) is 17.2 Å². The van der Waals surface area contributed by atoms with Gasteiger partial charge in [-0.25, -0.2) is 4.98 Å². The molecule has 2 heterocycles. The van der Waals surface area contributed by atoms with Crippen molar-refractivity contribution in [1.29, 1.82) is 0 Å². The van der Waals surface area contributed by atoms with Gasteiger partial charge in [0.1, 0.15) is 30.4 Å². The number of hydrogen-bond donors (Lipinski definition) is 1. The number of imidazole rings is 1. The number of benzene rings is 2. The molecule has 2 aromatic carbocycles. The molecule has 0 aliphatic carbocycles. The van der Waals surface area contributed by atoms with E-state index in [9.17, 15) is 5.11 Å². The van der Waals surface area contributed by atoms with Gasteiger partial charge in [-0.1, -0.05) is 12.1 Å². The summed E-state index contributed by atoms with van der Waals surface area (Å²) in [4.78, 5) is 6.45. The molecule has 1 saturated heterocycles. The summed E-state index contributed by atoms with van der Waals surface area (Å²) in [5.74, 6) is 3.16. The fourth-order valence-corrected chi connectivity index (χ4v) is 4.67. The number of methoxy groups -OCH3 is 1. The number of β-amino-alcohol motifs (C(OH)–C–C–N with tert-alkyl or cyclic N) is 1. The van der Waals surface area contributed by atoms with Crippen LogP contribution < -0.4 is 14.2 Å². The third-order valence-electron chi connectivity index (χ3n) is 6.85. The average molecular weight is 510 g/mol. The van der Waals surface area contributed by atoms with E-state index in [1.165, 1.54) is 5.56 Å². The molecule has 4 rings (SSSR count). The molecular formula is C29H39N3O5. The first kappa shape index (κ1) is 27.0. The normalized spacial score (nSPS) is 18.4. The molecule has 8 nitrogen and oxygen atoms in total. The Kier molecular flexibility index (Phi) is 8.74. The van der Waals surface area contributed by atoms with Gasteiger partial charge in [0.2, 0.25) is 0 Å². The Morgan fingerprint density at radius 1 is 1.05 bits per heavy atom. The van der Waals surface area contributed by atoms with Crippen LogP contribution in [0.1, 0.15) is 28.1 Å². The molecule has 0 saturated carbocycles. The van der Waals surface area contributed by atoms with Crippen LogP contribution in [0.4, 0.5) is 0 Å². The summed E-state index contributed by atoms with van der Waals surface area (Å²) in [5, 5.41) is 11.4. The zero-order valence-electron chi connectivity index (χ0n) is 22.6. The van der Waals surface area contributed by atoms with Gasteiger partial charge in [0.25, 0.3) is 0 Å². The molecule has 1 aromatic heterocycles. The van der Waals surface area contributed by atoms with Crippen LogP contribution in [0.25, 0.3) is 0 Å². The van der Waals surface area contributed by atoms with Crippen LogP contribution in [0.3, 0.4) is 0 Å². The lowest BCUT2D eigenvalue weighted by molar-refractivity contribution is -0.0648. The van der Waals surface area contributed by atoms with Gasteiger partial charge in [0.05, 0.1) is 26.9 Å². The zero-order valence-corrected chi connectivity index (χ0v) is 22.6. The first-order chi connectivity index (χ1) is 17.8. The summed E-state index contributed by atoms with van der Waals surface area (Å²) in [6.07, 6.45) is 3.73. The molecule has 3 aromatic rings. The van der Waals surface area contributed by atoms with Crippen molar-refractivity contribution in [1.82, 2.24) is 14.5 Å². The summed E-state index contributed by atoms with van der Waals surface area (Å²) in [5.41, 5.74) is 3.37. The van der Waals surface area contributed by atoms with E-state index in [2.05, 4.69) is 34.4 Å². The fourth-order valence-electron chi connectivity index (χ4n) is 4.67. The minimum absolute atomic E-state index is 0.165. The lowest BCUT2D eigenvalue weighted by Crippen LogP contribution is -2.48. The van der Waals surface area contributed by atoms with E-state index in [4.69, 9.17) is 18.9 Å². The van der Waals surface area contributed by atoms with E-state index in [-0.39, 0.29) is 13.2 Å². The van der Waals surface area contributed by atoms with Gasteiger partial charge >= 0.3 is 0 Å². The van der Waals surface area contributed by atoms with Crippen LogP contribution in [-0.2, 0) is 17.8 Å². The molecule has 8 heteroatoms. The Morgan fingerprint density at radius 2 is 1.89 bits per heavy atom. The van der Waals surface area contributed by atoms with Crippen LogP contribution in [0.5, 0.6) is 17.2 Å². The lowest BCUT2D eigenvalue weighted by atomic mass is 10.0. The molecule has 0 amide bonds. The largest absolute Gasteiger partial charge is 0.493 e. The van der Waals surface area contributed by atoms with Gasteiger partial charge < -0.3 is 28.6 Å². The maximum atomic E-state index is 11.4. The van der Waals surface area contributed by atoms with E-state index in [0.717, 1.165) is 28.3 Å². The van der Waals surface area contributed by atoms with E-state index in [1.54, 1.807) is 13.3 Å². The number of aliphatic hydroxyl groups is 1. The van der Waals surface area contributed by atoms with E-state index < -0.39 is 5.60 Å². The minimum atomic E-state index is -1.12. The number of ether oxygens (including phenoxy) is 4. The number of nitrogens with zero attached hydrogens (tertiary/aromatic N) is 3. The monoisotopic (exact) mass is 509 g/mol. The first-order valence-electron chi connectivity index (χ1n) is 12.8. The Hall–Kier alpha value is -3.07. The molecule has 1 aliphatic rings. The number of aryl methyl sites for hydroxylation is 3. The highest BCUT2D eigenvalue weighted by Gasteiger charge is 2.34.